The Labute approximate surface area is 155 Å². The average molecular weight is 348 g/mol. The first-order valence-electron chi connectivity index (χ1n) is 9.37. The van der Waals surface area contributed by atoms with E-state index in [9.17, 15) is 4.79 Å². The molecule has 0 radical (unpaired) electrons. The number of rotatable bonds is 6. The molecule has 0 bridgehead atoms. The Morgan fingerprint density at radius 2 is 1.65 bits per heavy atom. The number of aromatic amines is 1. The van der Waals surface area contributed by atoms with Gasteiger partial charge in [0.25, 0.3) is 0 Å². The van der Waals surface area contributed by atoms with Crippen molar-refractivity contribution in [1.82, 2.24) is 9.88 Å². The van der Waals surface area contributed by atoms with Gasteiger partial charge in [-0.3, -0.25) is 9.69 Å². The fourth-order valence-corrected chi connectivity index (χ4v) is 3.64. The minimum absolute atomic E-state index is 0.109. The minimum Gasteiger partial charge on any atom is -0.357 e. The van der Waals surface area contributed by atoms with Gasteiger partial charge in [0.1, 0.15) is 0 Å². The van der Waals surface area contributed by atoms with Crippen molar-refractivity contribution in [3.63, 3.8) is 0 Å². The van der Waals surface area contributed by atoms with Crippen molar-refractivity contribution in [3.8, 4) is 0 Å². The van der Waals surface area contributed by atoms with Gasteiger partial charge in [-0.15, -0.1) is 0 Å². The van der Waals surface area contributed by atoms with Gasteiger partial charge in [-0.2, -0.15) is 0 Å². The lowest BCUT2D eigenvalue weighted by atomic mass is 10.1. The second-order valence-corrected chi connectivity index (χ2v) is 7.36. The first kappa shape index (κ1) is 18.4. The van der Waals surface area contributed by atoms with Crippen LogP contribution in [0.4, 0.5) is 0 Å². The van der Waals surface area contributed by atoms with Crippen LogP contribution in [0, 0.1) is 20.8 Å². The summed E-state index contributed by atoms with van der Waals surface area (Å²) in [6.45, 7) is 11.0. The van der Waals surface area contributed by atoms with Gasteiger partial charge in [-0.25, -0.2) is 0 Å². The van der Waals surface area contributed by atoms with Gasteiger partial charge < -0.3 is 4.98 Å². The molecule has 136 valence electrons. The number of H-pyrrole nitrogens is 1. The third kappa shape index (κ3) is 4.23. The number of nitrogens with one attached hydrogen (secondary N) is 1. The van der Waals surface area contributed by atoms with Gasteiger partial charge >= 0.3 is 0 Å². The molecule has 1 heterocycles. The first-order valence-corrected chi connectivity index (χ1v) is 9.37. The van der Waals surface area contributed by atoms with Crippen LogP contribution in [0.1, 0.15) is 41.3 Å². The smallest absolute Gasteiger partial charge is 0.189 e. The Hall–Kier alpha value is -2.39. The molecule has 3 aromatic rings. The van der Waals surface area contributed by atoms with Crippen LogP contribution < -0.4 is 5.43 Å². The molecule has 0 atom stereocenters. The van der Waals surface area contributed by atoms with Crippen molar-refractivity contribution in [2.75, 3.05) is 6.54 Å². The van der Waals surface area contributed by atoms with Crippen LogP contribution in [-0.2, 0) is 13.1 Å². The molecule has 1 aromatic heterocycles. The van der Waals surface area contributed by atoms with Crippen LogP contribution in [0.25, 0.3) is 10.9 Å². The van der Waals surface area contributed by atoms with Crippen LogP contribution in [0.5, 0.6) is 0 Å². The van der Waals surface area contributed by atoms with E-state index in [0.29, 0.717) is 0 Å². The average Bonchev–Trinajstić information content (AvgIpc) is 2.56. The summed E-state index contributed by atoms with van der Waals surface area (Å²) >= 11 is 0. The number of hydrogen-bond acceptors (Lipinski definition) is 2. The molecule has 0 fully saturated rings. The third-order valence-corrected chi connectivity index (χ3v) is 4.79. The van der Waals surface area contributed by atoms with Gasteiger partial charge in [0.05, 0.1) is 5.52 Å². The highest BCUT2D eigenvalue weighted by Gasteiger charge is 2.10. The van der Waals surface area contributed by atoms with Crippen molar-refractivity contribution in [2.45, 2.75) is 47.2 Å². The summed E-state index contributed by atoms with van der Waals surface area (Å²) in [5.74, 6) is 0. The normalized spacial score (nSPS) is 11.4. The van der Waals surface area contributed by atoms with Gasteiger partial charge in [0.15, 0.2) is 5.43 Å². The summed E-state index contributed by atoms with van der Waals surface area (Å²) in [6.07, 6.45) is 1.09. The maximum absolute atomic E-state index is 12.6. The Bertz CT molecular complexity index is 954. The first-order chi connectivity index (χ1) is 12.5. The summed E-state index contributed by atoms with van der Waals surface area (Å²) in [4.78, 5) is 18.5. The molecule has 3 heteroatoms. The molecule has 2 aromatic carbocycles. The quantitative estimate of drug-likeness (QED) is 0.690. The highest BCUT2D eigenvalue weighted by atomic mass is 16.1. The van der Waals surface area contributed by atoms with E-state index < -0.39 is 0 Å². The van der Waals surface area contributed by atoms with Crippen LogP contribution in [0.2, 0.25) is 0 Å². The molecule has 0 saturated carbocycles. The largest absolute Gasteiger partial charge is 0.357 e. The fraction of sp³-hybridized carbons (Fsp3) is 0.348. The van der Waals surface area contributed by atoms with E-state index in [1.165, 1.54) is 16.7 Å². The fourth-order valence-electron chi connectivity index (χ4n) is 3.64. The van der Waals surface area contributed by atoms with E-state index in [-0.39, 0.29) is 5.43 Å². The molecule has 3 rings (SSSR count). The van der Waals surface area contributed by atoms with Gasteiger partial charge in [0.2, 0.25) is 0 Å². The van der Waals surface area contributed by atoms with Crippen LogP contribution >= 0.6 is 0 Å². The van der Waals surface area contributed by atoms with E-state index >= 15 is 0 Å². The summed E-state index contributed by atoms with van der Waals surface area (Å²) < 4.78 is 0. The molecule has 0 aliphatic heterocycles. The highest BCUT2D eigenvalue weighted by Crippen LogP contribution is 2.17. The van der Waals surface area contributed by atoms with Crippen LogP contribution in [-0.4, -0.2) is 16.4 Å². The van der Waals surface area contributed by atoms with E-state index in [1.54, 1.807) is 6.07 Å². The van der Waals surface area contributed by atoms with E-state index in [0.717, 1.165) is 48.2 Å². The maximum Gasteiger partial charge on any atom is 0.189 e. The zero-order valence-corrected chi connectivity index (χ0v) is 16.2. The summed E-state index contributed by atoms with van der Waals surface area (Å²) in [6, 6.07) is 14.6. The number of benzene rings is 2. The van der Waals surface area contributed by atoms with Gasteiger partial charge in [-0.05, 0) is 56.5 Å². The number of aromatic nitrogens is 1. The zero-order valence-electron chi connectivity index (χ0n) is 16.2. The minimum atomic E-state index is 0.109. The highest BCUT2D eigenvalue weighted by molar-refractivity contribution is 5.82. The molecule has 1 N–H and O–H groups in total. The lowest BCUT2D eigenvalue weighted by molar-refractivity contribution is 0.254. The number of fused-ring (bicyclic) bond motifs is 1. The SMILES string of the molecule is CCCN(Cc1ccc(C)cc1)Cc1cc(=O)c2c(C)cc(C)cc2[nH]1. The standard InChI is InChI=1S/C23H28N2O/c1-5-10-25(14-19-8-6-16(2)7-9-19)15-20-13-22(26)23-18(4)11-17(3)12-21(23)24-20/h6-9,11-13H,5,10,14-15H2,1-4H3,(H,24,26). The second kappa shape index (κ2) is 7.88. The van der Waals surface area contributed by atoms with Crippen molar-refractivity contribution in [3.05, 3.63) is 80.6 Å². The summed E-state index contributed by atoms with van der Waals surface area (Å²) in [5.41, 5.74) is 6.83. The number of aryl methyl sites for hydroxylation is 3. The monoisotopic (exact) mass is 348 g/mol. The topological polar surface area (TPSA) is 36.1 Å². The van der Waals surface area contributed by atoms with Crippen molar-refractivity contribution in [1.29, 1.82) is 0 Å². The lowest BCUT2D eigenvalue weighted by Crippen LogP contribution is -2.25. The third-order valence-electron chi connectivity index (χ3n) is 4.79. The predicted octanol–water partition coefficient (Wildman–Crippen LogP) is 4.87. The molecule has 26 heavy (non-hydrogen) atoms. The molecule has 0 amide bonds. The maximum atomic E-state index is 12.6. The zero-order chi connectivity index (χ0) is 18.7. The second-order valence-electron chi connectivity index (χ2n) is 7.36. The molecule has 0 aliphatic rings. The van der Waals surface area contributed by atoms with Crippen molar-refractivity contribution in [2.24, 2.45) is 0 Å². The molecular formula is C23H28N2O. The van der Waals surface area contributed by atoms with Gasteiger partial charge in [0, 0.05) is 30.2 Å². The van der Waals surface area contributed by atoms with Crippen LogP contribution in [0.15, 0.2) is 47.3 Å². The van der Waals surface area contributed by atoms with Crippen LogP contribution in [0.3, 0.4) is 0 Å². The predicted molar refractivity (Wildman–Crippen MR) is 110 cm³/mol. The number of hydrogen-bond donors (Lipinski definition) is 1. The Balaban J connectivity index is 1.89. The van der Waals surface area contributed by atoms with Crippen molar-refractivity contribution < 1.29 is 0 Å². The van der Waals surface area contributed by atoms with E-state index in [4.69, 9.17) is 0 Å². The van der Waals surface area contributed by atoms with E-state index in [2.05, 4.69) is 67.1 Å². The molecule has 0 unspecified atom stereocenters. The van der Waals surface area contributed by atoms with Crippen molar-refractivity contribution >= 4 is 10.9 Å². The number of pyridine rings is 1. The Kier molecular flexibility index (Phi) is 5.58. The molecular weight excluding hydrogens is 320 g/mol. The number of nitrogens with zero attached hydrogens (tertiary/aromatic N) is 1. The lowest BCUT2D eigenvalue weighted by Gasteiger charge is -2.22. The molecule has 0 saturated heterocycles. The Morgan fingerprint density at radius 3 is 2.35 bits per heavy atom. The molecule has 3 nitrogen and oxygen atoms in total. The summed E-state index contributed by atoms with van der Waals surface area (Å²) in [5, 5.41) is 0.805. The molecule has 0 spiro atoms. The molecule has 0 aliphatic carbocycles. The van der Waals surface area contributed by atoms with Gasteiger partial charge in [-0.1, -0.05) is 42.8 Å². The summed E-state index contributed by atoms with van der Waals surface area (Å²) in [7, 11) is 0. The van der Waals surface area contributed by atoms with E-state index in [1.807, 2.05) is 6.92 Å². The Morgan fingerprint density at radius 1 is 0.923 bits per heavy atom.